The summed E-state index contributed by atoms with van der Waals surface area (Å²) in [7, 11) is -4.09. The molecule has 0 spiro atoms. The lowest BCUT2D eigenvalue weighted by Crippen LogP contribution is -2.21. The van der Waals surface area contributed by atoms with Crippen LogP contribution in [0.1, 0.15) is 12.0 Å². The highest BCUT2D eigenvalue weighted by Gasteiger charge is 2.29. The van der Waals surface area contributed by atoms with Gasteiger partial charge in [0.05, 0.1) is 17.9 Å². The van der Waals surface area contributed by atoms with Crippen LogP contribution in [0, 0.1) is 6.92 Å². The van der Waals surface area contributed by atoms with Crippen LogP contribution in [0.3, 0.4) is 0 Å². The molecule has 5 nitrogen and oxygen atoms in total. The first-order valence-corrected chi connectivity index (χ1v) is 9.40. The Bertz CT molecular complexity index is 1040. The fourth-order valence-corrected chi connectivity index (χ4v) is 3.60. The van der Waals surface area contributed by atoms with Gasteiger partial charge in [-0.05, 0) is 30.7 Å². The Balaban J connectivity index is 1.85. The standard InChI is InChI=1S/C17H16F3N3O2S/c1-12-4-3-8-23-11-15(21-16(12)23)13-5-2-6-14(10-13)22-26(24,25)9-7-17(18,19)20/h2-6,8,10-11,22H,7,9H2,1H3. The van der Waals surface area contributed by atoms with Crippen LogP contribution in [0.4, 0.5) is 18.9 Å². The number of nitrogens with zero attached hydrogens (tertiary/aromatic N) is 2. The lowest BCUT2D eigenvalue weighted by atomic mass is 10.1. The summed E-state index contributed by atoms with van der Waals surface area (Å²) in [6.45, 7) is 1.93. The van der Waals surface area contributed by atoms with Crippen molar-refractivity contribution in [3.63, 3.8) is 0 Å². The Morgan fingerprint density at radius 2 is 1.96 bits per heavy atom. The minimum absolute atomic E-state index is 0.193. The highest BCUT2D eigenvalue weighted by molar-refractivity contribution is 7.92. The van der Waals surface area contributed by atoms with E-state index in [9.17, 15) is 21.6 Å². The molecule has 1 aromatic carbocycles. The van der Waals surface area contributed by atoms with E-state index in [1.165, 1.54) is 6.07 Å². The van der Waals surface area contributed by atoms with E-state index in [0.29, 0.717) is 11.3 Å². The van der Waals surface area contributed by atoms with Crippen LogP contribution in [0.5, 0.6) is 0 Å². The molecule has 0 bridgehead atoms. The molecule has 0 amide bonds. The number of benzene rings is 1. The number of pyridine rings is 1. The Morgan fingerprint density at radius 3 is 2.65 bits per heavy atom. The normalized spacial score (nSPS) is 12.5. The van der Waals surface area contributed by atoms with Gasteiger partial charge in [-0.1, -0.05) is 18.2 Å². The first-order chi connectivity index (χ1) is 12.1. The number of hydrogen-bond acceptors (Lipinski definition) is 3. The average molecular weight is 383 g/mol. The Morgan fingerprint density at radius 1 is 1.19 bits per heavy atom. The molecule has 1 N–H and O–H groups in total. The first kappa shape index (κ1) is 18.2. The molecule has 26 heavy (non-hydrogen) atoms. The second-order valence-electron chi connectivity index (χ2n) is 5.92. The maximum Gasteiger partial charge on any atom is 0.390 e. The third-order valence-electron chi connectivity index (χ3n) is 3.76. The molecule has 9 heteroatoms. The molecular weight excluding hydrogens is 367 g/mol. The van der Waals surface area contributed by atoms with Crippen molar-refractivity contribution in [1.82, 2.24) is 9.38 Å². The van der Waals surface area contributed by atoms with Crippen LogP contribution in [-0.2, 0) is 10.0 Å². The second kappa shape index (κ2) is 6.64. The summed E-state index contributed by atoms with van der Waals surface area (Å²) >= 11 is 0. The fraction of sp³-hybridized carbons (Fsp3) is 0.235. The number of hydrogen-bond donors (Lipinski definition) is 1. The van der Waals surface area contributed by atoms with Gasteiger partial charge in [0.25, 0.3) is 0 Å². The third kappa shape index (κ3) is 4.34. The maximum absolute atomic E-state index is 12.2. The number of rotatable bonds is 5. The Kier molecular flexibility index (Phi) is 4.66. The van der Waals surface area contributed by atoms with Gasteiger partial charge in [0.15, 0.2) is 0 Å². The number of sulfonamides is 1. The monoisotopic (exact) mass is 383 g/mol. The van der Waals surface area contributed by atoms with Gasteiger partial charge in [-0.3, -0.25) is 4.72 Å². The summed E-state index contributed by atoms with van der Waals surface area (Å²) in [5.74, 6) is -1.02. The van der Waals surface area contributed by atoms with Crippen LogP contribution in [0.25, 0.3) is 16.9 Å². The average Bonchev–Trinajstić information content (AvgIpc) is 2.98. The van der Waals surface area contributed by atoms with E-state index in [1.807, 2.05) is 29.7 Å². The lowest BCUT2D eigenvalue weighted by Gasteiger charge is -2.10. The summed E-state index contributed by atoms with van der Waals surface area (Å²) in [4.78, 5) is 4.53. The minimum Gasteiger partial charge on any atom is -0.306 e. The summed E-state index contributed by atoms with van der Waals surface area (Å²) in [6, 6.07) is 10.2. The molecule has 0 saturated carbocycles. The van der Waals surface area contributed by atoms with Crippen molar-refractivity contribution in [3.8, 4) is 11.3 Å². The topological polar surface area (TPSA) is 63.5 Å². The van der Waals surface area contributed by atoms with E-state index in [2.05, 4.69) is 9.71 Å². The zero-order valence-electron chi connectivity index (χ0n) is 13.8. The molecule has 0 aliphatic heterocycles. The molecule has 2 aromatic heterocycles. The zero-order chi connectivity index (χ0) is 18.9. The van der Waals surface area contributed by atoms with Crippen molar-refractivity contribution in [3.05, 3.63) is 54.4 Å². The summed E-state index contributed by atoms with van der Waals surface area (Å²) in [6.07, 6.45) is -2.26. The van der Waals surface area contributed by atoms with Crippen molar-refractivity contribution < 1.29 is 21.6 Å². The van der Waals surface area contributed by atoms with Crippen LogP contribution >= 0.6 is 0 Å². The molecule has 3 rings (SSSR count). The Labute approximate surface area is 148 Å². The van der Waals surface area contributed by atoms with Gasteiger partial charge in [-0.15, -0.1) is 0 Å². The molecule has 0 radical (unpaired) electrons. The number of aromatic nitrogens is 2. The molecule has 0 aliphatic rings. The van der Waals surface area contributed by atoms with E-state index in [4.69, 9.17) is 0 Å². The maximum atomic E-state index is 12.2. The third-order valence-corrected chi connectivity index (χ3v) is 5.05. The highest BCUT2D eigenvalue weighted by Crippen LogP contribution is 2.25. The van der Waals surface area contributed by atoms with E-state index in [1.54, 1.807) is 24.4 Å². The van der Waals surface area contributed by atoms with Crippen molar-refractivity contribution in [2.24, 2.45) is 0 Å². The van der Waals surface area contributed by atoms with Crippen molar-refractivity contribution in [1.29, 1.82) is 0 Å². The number of nitrogens with one attached hydrogen (secondary N) is 1. The Hall–Kier alpha value is -2.55. The van der Waals surface area contributed by atoms with E-state index in [0.717, 1.165) is 11.2 Å². The van der Waals surface area contributed by atoms with Gasteiger partial charge >= 0.3 is 6.18 Å². The predicted octanol–water partition coefficient (Wildman–Crippen LogP) is 4.00. The highest BCUT2D eigenvalue weighted by atomic mass is 32.2. The predicted molar refractivity (Wildman–Crippen MR) is 93.4 cm³/mol. The van der Waals surface area contributed by atoms with Gasteiger partial charge in [0.2, 0.25) is 10.0 Å². The number of halogens is 3. The molecule has 3 aromatic rings. The van der Waals surface area contributed by atoms with Gasteiger partial charge in [0.1, 0.15) is 5.65 Å². The first-order valence-electron chi connectivity index (χ1n) is 7.75. The van der Waals surface area contributed by atoms with Gasteiger partial charge < -0.3 is 4.40 Å². The van der Waals surface area contributed by atoms with Crippen LogP contribution in [0.15, 0.2) is 48.8 Å². The number of alkyl halides is 3. The zero-order valence-corrected chi connectivity index (χ0v) is 14.6. The van der Waals surface area contributed by atoms with E-state index < -0.39 is 28.4 Å². The quantitative estimate of drug-likeness (QED) is 0.724. The molecule has 0 saturated heterocycles. The molecule has 0 aliphatic carbocycles. The number of imidazole rings is 1. The summed E-state index contributed by atoms with van der Waals surface area (Å²) in [5, 5.41) is 0. The van der Waals surface area contributed by atoms with Crippen LogP contribution in [0.2, 0.25) is 0 Å². The van der Waals surface area contributed by atoms with Crippen molar-refractivity contribution in [2.45, 2.75) is 19.5 Å². The molecule has 0 unspecified atom stereocenters. The second-order valence-corrected chi connectivity index (χ2v) is 7.76. The van der Waals surface area contributed by atoms with Gasteiger partial charge in [-0.2, -0.15) is 13.2 Å². The van der Waals surface area contributed by atoms with Crippen LogP contribution < -0.4 is 4.72 Å². The molecule has 138 valence electrons. The lowest BCUT2D eigenvalue weighted by molar-refractivity contribution is -0.129. The number of anilines is 1. The summed E-state index contributed by atoms with van der Waals surface area (Å²) < 4.78 is 64.5. The summed E-state index contributed by atoms with van der Waals surface area (Å²) in [5.41, 5.74) is 3.25. The van der Waals surface area contributed by atoms with E-state index >= 15 is 0 Å². The number of fused-ring (bicyclic) bond motifs is 1. The molecular formula is C17H16F3N3O2S. The fourth-order valence-electron chi connectivity index (χ4n) is 2.52. The number of aryl methyl sites for hydroxylation is 1. The van der Waals surface area contributed by atoms with Crippen molar-refractivity contribution in [2.75, 3.05) is 10.5 Å². The van der Waals surface area contributed by atoms with Crippen LogP contribution in [-0.4, -0.2) is 29.7 Å². The minimum atomic E-state index is -4.52. The molecule has 0 fully saturated rings. The molecule has 0 atom stereocenters. The van der Waals surface area contributed by atoms with Crippen molar-refractivity contribution >= 4 is 21.4 Å². The largest absolute Gasteiger partial charge is 0.390 e. The smallest absolute Gasteiger partial charge is 0.306 e. The van der Waals surface area contributed by atoms with Gasteiger partial charge in [-0.25, -0.2) is 13.4 Å². The van der Waals surface area contributed by atoms with Gasteiger partial charge in [0, 0.05) is 23.6 Å². The molecule has 2 heterocycles. The SMILES string of the molecule is Cc1cccn2cc(-c3cccc(NS(=O)(=O)CCC(F)(F)F)c3)nc12. The van der Waals surface area contributed by atoms with E-state index in [-0.39, 0.29) is 5.69 Å².